The van der Waals surface area contributed by atoms with Gasteiger partial charge in [-0.15, -0.1) is 0 Å². The molecule has 64 heavy (non-hydrogen) atoms. The standard InChI is InChI=1S/C59H40N4Si/c1-4-19-42(20-5-1)64(43-21-6-2-7-22-43,44-23-8-3-9-24-44)45-36-38-57-51(40-45)49-28-13-17-32-55(49)63(57)59-34-18-33-58(60-59)62-54-31-16-12-27-48(54)50-39-41(35-37-56(50)62)61-52-29-14-10-25-46(52)47-26-11-15-30-53(47)61/h1-40H. The summed E-state index contributed by atoms with van der Waals surface area (Å²) < 4.78 is 7.08. The summed E-state index contributed by atoms with van der Waals surface area (Å²) in [7, 11) is -2.75. The molecule has 0 bridgehead atoms. The van der Waals surface area contributed by atoms with Gasteiger partial charge in [-0.2, -0.15) is 0 Å². The van der Waals surface area contributed by atoms with Crippen molar-refractivity contribution < 1.29 is 0 Å². The van der Waals surface area contributed by atoms with E-state index in [1.165, 1.54) is 64.1 Å². The number of hydrogen-bond acceptors (Lipinski definition) is 1. The lowest BCUT2D eigenvalue weighted by Gasteiger charge is -2.34. The van der Waals surface area contributed by atoms with Crippen LogP contribution in [0.2, 0.25) is 0 Å². The molecule has 9 aromatic carbocycles. The molecule has 0 amide bonds. The third-order valence-corrected chi connectivity index (χ3v) is 18.2. The number of para-hydroxylation sites is 4. The molecule has 4 nitrogen and oxygen atoms in total. The van der Waals surface area contributed by atoms with Crippen LogP contribution in [0.5, 0.6) is 0 Å². The Labute approximate surface area is 371 Å². The first kappa shape index (κ1) is 36.4. The van der Waals surface area contributed by atoms with Crippen molar-refractivity contribution in [3.8, 4) is 17.3 Å². The van der Waals surface area contributed by atoms with E-state index in [-0.39, 0.29) is 0 Å². The zero-order valence-corrected chi connectivity index (χ0v) is 35.9. The number of fused-ring (bicyclic) bond motifs is 9. The molecule has 0 atom stereocenters. The van der Waals surface area contributed by atoms with Gasteiger partial charge in [0.2, 0.25) is 0 Å². The van der Waals surface area contributed by atoms with Crippen LogP contribution in [-0.4, -0.2) is 26.8 Å². The lowest BCUT2D eigenvalue weighted by Crippen LogP contribution is -2.74. The zero-order valence-electron chi connectivity index (χ0n) is 34.9. The second kappa shape index (κ2) is 14.4. The van der Waals surface area contributed by atoms with E-state index in [0.717, 1.165) is 39.4 Å². The Morgan fingerprint density at radius 1 is 0.250 bits per heavy atom. The van der Waals surface area contributed by atoms with Gasteiger partial charge in [0.05, 0.1) is 33.1 Å². The molecule has 0 unspecified atom stereocenters. The smallest absolute Gasteiger partial charge is 0.179 e. The molecule has 0 radical (unpaired) electrons. The van der Waals surface area contributed by atoms with Gasteiger partial charge in [0, 0.05) is 38.0 Å². The second-order valence-electron chi connectivity index (χ2n) is 16.7. The van der Waals surface area contributed by atoms with Crippen LogP contribution >= 0.6 is 0 Å². The van der Waals surface area contributed by atoms with E-state index in [0.29, 0.717) is 0 Å². The van der Waals surface area contributed by atoms with Gasteiger partial charge in [-0.3, -0.25) is 9.13 Å². The van der Waals surface area contributed by atoms with Crippen LogP contribution in [-0.2, 0) is 0 Å². The van der Waals surface area contributed by atoms with Crippen molar-refractivity contribution in [2.24, 2.45) is 0 Å². The Morgan fingerprint density at radius 3 is 1.08 bits per heavy atom. The summed E-state index contributed by atoms with van der Waals surface area (Å²) in [5.74, 6) is 1.75. The number of aromatic nitrogens is 4. The van der Waals surface area contributed by atoms with Gasteiger partial charge in [0.25, 0.3) is 0 Å². The van der Waals surface area contributed by atoms with Crippen LogP contribution in [0.1, 0.15) is 0 Å². The van der Waals surface area contributed by atoms with Gasteiger partial charge < -0.3 is 4.57 Å². The highest BCUT2D eigenvalue weighted by Crippen LogP contribution is 2.37. The Balaban J connectivity index is 1.01. The first-order chi connectivity index (χ1) is 31.8. The minimum Gasteiger partial charge on any atom is -0.309 e. The first-order valence-electron chi connectivity index (χ1n) is 22.0. The van der Waals surface area contributed by atoms with Crippen LogP contribution in [0, 0.1) is 0 Å². The van der Waals surface area contributed by atoms with Gasteiger partial charge in [0.1, 0.15) is 11.6 Å². The maximum atomic E-state index is 5.56. The minimum absolute atomic E-state index is 0.875. The van der Waals surface area contributed by atoms with E-state index in [2.05, 4.69) is 256 Å². The van der Waals surface area contributed by atoms with E-state index in [1.807, 2.05) is 0 Å². The van der Waals surface area contributed by atoms with Crippen molar-refractivity contribution in [3.05, 3.63) is 243 Å². The summed E-state index contributed by atoms with van der Waals surface area (Å²) in [4.78, 5) is 5.56. The molecule has 5 heteroatoms. The summed E-state index contributed by atoms with van der Waals surface area (Å²) in [6.07, 6.45) is 0. The fourth-order valence-corrected chi connectivity index (χ4v) is 15.5. The highest BCUT2D eigenvalue weighted by molar-refractivity contribution is 7.20. The zero-order chi connectivity index (χ0) is 42.2. The Morgan fingerprint density at radius 2 is 0.609 bits per heavy atom. The molecule has 4 heterocycles. The first-order valence-corrected chi connectivity index (χ1v) is 24.0. The lowest BCUT2D eigenvalue weighted by atomic mass is 10.1. The van der Waals surface area contributed by atoms with E-state index in [1.54, 1.807) is 0 Å². The summed E-state index contributed by atoms with van der Waals surface area (Å²) >= 11 is 0. The number of pyridine rings is 1. The number of rotatable bonds is 7. The largest absolute Gasteiger partial charge is 0.309 e. The molecule has 4 aromatic heterocycles. The highest BCUT2D eigenvalue weighted by Gasteiger charge is 2.41. The van der Waals surface area contributed by atoms with Gasteiger partial charge >= 0.3 is 0 Å². The quantitative estimate of drug-likeness (QED) is 0.116. The normalized spacial score (nSPS) is 12.1. The summed E-state index contributed by atoms with van der Waals surface area (Å²) in [6, 6.07) is 88.9. The SMILES string of the molecule is c1ccc([Si](c2ccccc2)(c2ccccc2)c2ccc3c(c2)c2ccccc2n3-c2cccc(-n3c4ccccc4c4cc(-n5c6ccccc6c6ccccc65)ccc43)n2)cc1. The topological polar surface area (TPSA) is 27.7 Å². The molecular weight excluding hydrogens is 793 g/mol. The van der Waals surface area contributed by atoms with Crippen molar-refractivity contribution in [1.82, 2.24) is 18.7 Å². The predicted molar refractivity (Wildman–Crippen MR) is 271 cm³/mol. The number of hydrogen-bond donors (Lipinski definition) is 0. The molecular formula is C59H40N4Si. The summed E-state index contributed by atoms with van der Waals surface area (Å²) in [6.45, 7) is 0. The fourth-order valence-electron chi connectivity index (χ4n) is 10.7. The second-order valence-corrected chi connectivity index (χ2v) is 20.5. The van der Waals surface area contributed by atoms with Crippen LogP contribution in [0.3, 0.4) is 0 Å². The molecule has 0 aliphatic carbocycles. The van der Waals surface area contributed by atoms with Crippen molar-refractivity contribution in [1.29, 1.82) is 0 Å². The summed E-state index contributed by atoms with van der Waals surface area (Å²) in [5.41, 5.74) is 8.04. The highest BCUT2D eigenvalue weighted by atomic mass is 28.3. The van der Waals surface area contributed by atoms with E-state index in [9.17, 15) is 0 Å². The van der Waals surface area contributed by atoms with Crippen molar-refractivity contribution in [2.45, 2.75) is 0 Å². The third kappa shape index (κ3) is 5.31. The molecule has 0 aliphatic heterocycles. The average Bonchev–Trinajstić information content (AvgIpc) is 4.01. The van der Waals surface area contributed by atoms with Crippen molar-refractivity contribution >= 4 is 94.2 Å². The molecule has 0 saturated carbocycles. The molecule has 300 valence electrons. The Hall–Kier alpha value is -8.25. The van der Waals surface area contributed by atoms with Crippen LogP contribution < -0.4 is 20.7 Å². The van der Waals surface area contributed by atoms with Crippen LogP contribution in [0.25, 0.3) is 82.7 Å². The van der Waals surface area contributed by atoms with Gasteiger partial charge in [-0.05, 0) is 81.4 Å². The fraction of sp³-hybridized carbons (Fsp3) is 0. The third-order valence-electron chi connectivity index (χ3n) is 13.4. The van der Waals surface area contributed by atoms with Gasteiger partial charge in [-0.1, -0.05) is 182 Å². The van der Waals surface area contributed by atoms with E-state index in [4.69, 9.17) is 4.98 Å². The minimum atomic E-state index is -2.75. The van der Waals surface area contributed by atoms with Crippen molar-refractivity contribution in [2.75, 3.05) is 0 Å². The van der Waals surface area contributed by atoms with Gasteiger partial charge in [-0.25, -0.2) is 4.98 Å². The monoisotopic (exact) mass is 832 g/mol. The van der Waals surface area contributed by atoms with Gasteiger partial charge in [0.15, 0.2) is 8.07 Å². The van der Waals surface area contributed by atoms with Crippen LogP contribution in [0.15, 0.2) is 243 Å². The molecule has 0 N–H and O–H groups in total. The predicted octanol–water partition coefficient (Wildman–Crippen LogP) is 11.8. The molecule has 13 rings (SSSR count). The molecule has 0 spiro atoms. The Bertz CT molecular complexity index is 3750. The van der Waals surface area contributed by atoms with Crippen molar-refractivity contribution in [3.63, 3.8) is 0 Å². The maximum Gasteiger partial charge on any atom is 0.179 e. The molecule has 0 saturated heterocycles. The number of nitrogens with zero attached hydrogens (tertiary/aromatic N) is 4. The number of benzene rings is 9. The summed E-state index contributed by atoms with van der Waals surface area (Å²) in [5, 5.41) is 12.7. The van der Waals surface area contributed by atoms with Crippen LogP contribution in [0.4, 0.5) is 0 Å². The van der Waals surface area contributed by atoms with E-state index < -0.39 is 8.07 Å². The molecule has 13 aromatic rings. The molecule has 0 aliphatic rings. The Kier molecular flexibility index (Phi) is 8.20. The molecule has 0 fully saturated rings. The van der Waals surface area contributed by atoms with E-state index >= 15 is 0 Å². The lowest BCUT2D eigenvalue weighted by molar-refractivity contribution is 1.01. The maximum absolute atomic E-state index is 5.56. The average molecular weight is 833 g/mol.